The second-order valence-corrected chi connectivity index (χ2v) is 5.31. The Morgan fingerprint density at radius 1 is 1.06 bits per heavy atom. The molecule has 0 bridgehead atoms. The molecule has 1 atom stereocenters. The van der Waals surface area contributed by atoms with E-state index in [9.17, 15) is 0 Å². The van der Waals surface area contributed by atoms with Crippen LogP contribution in [0.5, 0.6) is 0 Å². The van der Waals surface area contributed by atoms with Crippen molar-refractivity contribution >= 4 is 0 Å². The molecule has 0 aromatic heterocycles. The quantitative estimate of drug-likeness (QED) is 0.559. The molecule has 3 heteroatoms. The van der Waals surface area contributed by atoms with Crippen molar-refractivity contribution in [2.75, 3.05) is 53.4 Å². The first-order valence-corrected chi connectivity index (χ1v) is 7.17. The number of nitrogens with zero attached hydrogens (tertiary/aromatic N) is 2. The molecular weight excluding hydrogens is 210 g/mol. The van der Waals surface area contributed by atoms with E-state index in [-0.39, 0.29) is 0 Å². The normalized spacial score (nSPS) is 13.6. The van der Waals surface area contributed by atoms with Gasteiger partial charge in [0.1, 0.15) is 0 Å². The molecule has 0 spiro atoms. The molecule has 1 unspecified atom stereocenters. The zero-order valence-corrected chi connectivity index (χ0v) is 12.6. The van der Waals surface area contributed by atoms with Gasteiger partial charge in [0, 0.05) is 19.6 Å². The first-order valence-electron chi connectivity index (χ1n) is 7.17. The summed E-state index contributed by atoms with van der Waals surface area (Å²) in [7, 11) is 4.26. The zero-order valence-electron chi connectivity index (χ0n) is 12.6. The van der Waals surface area contributed by atoms with Gasteiger partial charge in [-0.1, -0.05) is 27.2 Å². The Morgan fingerprint density at radius 3 is 2.29 bits per heavy atom. The molecule has 0 radical (unpaired) electrons. The van der Waals surface area contributed by atoms with E-state index in [1.165, 1.54) is 39.0 Å². The third-order valence-corrected chi connectivity index (χ3v) is 3.28. The Bertz CT molecular complexity index is 160. The minimum absolute atomic E-state index is 0.823. The smallest absolute Gasteiger partial charge is 0.0107 e. The molecule has 0 aliphatic rings. The van der Waals surface area contributed by atoms with E-state index in [0.29, 0.717) is 0 Å². The maximum atomic E-state index is 3.53. The van der Waals surface area contributed by atoms with E-state index in [1.54, 1.807) is 0 Å². The predicted octanol–water partition coefficient (Wildman–Crippen LogP) is 1.90. The van der Waals surface area contributed by atoms with Gasteiger partial charge in [-0.25, -0.2) is 0 Å². The molecule has 104 valence electrons. The van der Waals surface area contributed by atoms with Crippen LogP contribution in [0.25, 0.3) is 0 Å². The van der Waals surface area contributed by atoms with E-state index in [2.05, 4.69) is 50.0 Å². The third-order valence-electron chi connectivity index (χ3n) is 3.28. The van der Waals surface area contributed by atoms with Crippen molar-refractivity contribution in [1.29, 1.82) is 0 Å². The molecule has 0 saturated carbocycles. The average Bonchev–Trinajstić information content (AvgIpc) is 2.31. The lowest BCUT2D eigenvalue weighted by molar-refractivity contribution is 0.245. The second-order valence-electron chi connectivity index (χ2n) is 5.31. The molecule has 0 saturated heterocycles. The highest BCUT2D eigenvalue weighted by Crippen LogP contribution is 2.03. The van der Waals surface area contributed by atoms with Gasteiger partial charge >= 0.3 is 0 Å². The number of hydrogen-bond donors (Lipinski definition) is 1. The molecule has 0 amide bonds. The lowest BCUT2D eigenvalue weighted by Gasteiger charge is -2.23. The van der Waals surface area contributed by atoms with Crippen LogP contribution in [0, 0.1) is 5.92 Å². The van der Waals surface area contributed by atoms with Crippen LogP contribution in [0.4, 0.5) is 0 Å². The lowest BCUT2D eigenvalue weighted by Crippen LogP contribution is -2.35. The van der Waals surface area contributed by atoms with E-state index >= 15 is 0 Å². The minimum Gasteiger partial charge on any atom is -0.315 e. The fourth-order valence-electron chi connectivity index (χ4n) is 1.83. The summed E-state index contributed by atoms with van der Waals surface area (Å²) in [5.41, 5.74) is 0. The highest BCUT2D eigenvalue weighted by atomic mass is 15.1. The van der Waals surface area contributed by atoms with E-state index in [0.717, 1.165) is 19.0 Å². The van der Waals surface area contributed by atoms with Crippen LogP contribution in [-0.2, 0) is 0 Å². The molecular formula is C14H33N3. The van der Waals surface area contributed by atoms with Gasteiger partial charge < -0.3 is 15.1 Å². The van der Waals surface area contributed by atoms with Crippen LogP contribution in [0.15, 0.2) is 0 Å². The van der Waals surface area contributed by atoms with Gasteiger partial charge in [-0.05, 0) is 46.1 Å². The first kappa shape index (κ1) is 16.9. The van der Waals surface area contributed by atoms with Crippen LogP contribution in [0.2, 0.25) is 0 Å². The van der Waals surface area contributed by atoms with Crippen molar-refractivity contribution in [3.63, 3.8) is 0 Å². The van der Waals surface area contributed by atoms with Gasteiger partial charge in [0.15, 0.2) is 0 Å². The molecule has 3 nitrogen and oxygen atoms in total. The molecule has 0 rings (SSSR count). The van der Waals surface area contributed by atoms with Crippen molar-refractivity contribution in [1.82, 2.24) is 15.1 Å². The van der Waals surface area contributed by atoms with Gasteiger partial charge in [-0.2, -0.15) is 0 Å². The summed E-state index contributed by atoms with van der Waals surface area (Å²) < 4.78 is 0. The van der Waals surface area contributed by atoms with Gasteiger partial charge in [0.25, 0.3) is 0 Å². The van der Waals surface area contributed by atoms with Crippen molar-refractivity contribution in [2.24, 2.45) is 5.92 Å². The predicted molar refractivity (Wildman–Crippen MR) is 77.6 cm³/mol. The summed E-state index contributed by atoms with van der Waals surface area (Å²) in [5.74, 6) is 0.823. The highest BCUT2D eigenvalue weighted by Gasteiger charge is 2.06. The molecule has 17 heavy (non-hydrogen) atoms. The van der Waals surface area contributed by atoms with Gasteiger partial charge in [0.2, 0.25) is 0 Å². The number of nitrogens with one attached hydrogen (secondary N) is 1. The summed E-state index contributed by atoms with van der Waals surface area (Å²) >= 11 is 0. The second kappa shape index (κ2) is 11.0. The molecule has 0 heterocycles. The molecule has 0 aromatic rings. The number of likely N-dealkylation sites (N-methyl/N-ethyl adjacent to an activating group) is 1. The SMILES string of the molecule is CCC(C)CN(CC)CCNCCCN(C)C. The summed E-state index contributed by atoms with van der Waals surface area (Å²) in [6, 6.07) is 0. The van der Waals surface area contributed by atoms with Crippen LogP contribution in [0.1, 0.15) is 33.6 Å². The van der Waals surface area contributed by atoms with E-state index in [4.69, 9.17) is 0 Å². The fraction of sp³-hybridized carbons (Fsp3) is 1.00. The molecule has 0 aliphatic carbocycles. The number of hydrogen-bond acceptors (Lipinski definition) is 3. The Morgan fingerprint density at radius 2 is 1.76 bits per heavy atom. The Labute approximate surface area is 109 Å². The Kier molecular flexibility index (Phi) is 10.9. The van der Waals surface area contributed by atoms with Gasteiger partial charge in [0.05, 0.1) is 0 Å². The monoisotopic (exact) mass is 243 g/mol. The topological polar surface area (TPSA) is 18.5 Å². The number of rotatable bonds is 11. The first-order chi connectivity index (χ1) is 8.10. The average molecular weight is 243 g/mol. The summed E-state index contributed by atoms with van der Waals surface area (Å²) in [6.45, 7) is 13.9. The Balaban J connectivity index is 3.43. The van der Waals surface area contributed by atoms with E-state index < -0.39 is 0 Å². The molecule has 0 aliphatic heterocycles. The third kappa shape index (κ3) is 10.7. The van der Waals surface area contributed by atoms with Crippen LogP contribution < -0.4 is 5.32 Å². The fourth-order valence-corrected chi connectivity index (χ4v) is 1.83. The van der Waals surface area contributed by atoms with Crippen molar-refractivity contribution < 1.29 is 0 Å². The summed E-state index contributed by atoms with van der Waals surface area (Å²) in [4.78, 5) is 4.79. The summed E-state index contributed by atoms with van der Waals surface area (Å²) in [6.07, 6.45) is 2.53. The lowest BCUT2D eigenvalue weighted by atomic mass is 10.1. The van der Waals surface area contributed by atoms with Gasteiger partial charge in [-0.15, -0.1) is 0 Å². The van der Waals surface area contributed by atoms with Crippen LogP contribution in [0.3, 0.4) is 0 Å². The van der Waals surface area contributed by atoms with Crippen molar-refractivity contribution in [3.05, 3.63) is 0 Å². The summed E-state index contributed by atoms with van der Waals surface area (Å²) in [5, 5.41) is 3.53. The maximum Gasteiger partial charge on any atom is 0.0107 e. The van der Waals surface area contributed by atoms with Crippen LogP contribution >= 0.6 is 0 Å². The highest BCUT2D eigenvalue weighted by molar-refractivity contribution is 4.62. The van der Waals surface area contributed by atoms with Crippen molar-refractivity contribution in [2.45, 2.75) is 33.6 Å². The molecule has 1 N–H and O–H groups in total. The minimum atomic E-state index is 0.823. The largest absolute Gasteiger partial charge is 0.315 e. The maximum absolute atomic E-state index is 3.53. The molecule has 0 fully saturated rings. The standard InChI is InChI=1S/C14H33N3/c1-6-14(3)13-17(7-2)12-10-15-9-8-11-16(4)5/h14-15H,6-13H2,1-5H3. The van der Waals surface area contributed by atoms with Crippen LogP contribution in [-0.4, -0.2) is 63.2 Å². The zero-order chi connectivity index (χ0) is 13.1. The van der Waals surface area contributed by atoms with E-state index in [1.807, 2.05) is 0 Å². The van der Waals surface area contributed by atoms with Gasteiger partial charge in [-0.3, -0.25) is 0 Å². The Hall–Kier alpha value is -0.120. The molecule has 0 aromatic carbocycles. The van der Waals surface area contributed by atoms with Crippen molar-refractivity contribution in [3.8, 4) is 0 Å².